The number of nitriles is 1. The van der Waals surface area contributed by atoms with Crippen molar-refractivity contribution in [3.8, 4) is 6.07 Å². The van der Waals surface area contributed by atoms with Crippen molar-refractivity contribution < 1.29 is 4.42 Å². The molecule has 0 aliphatic carbocycles. The van der Waals surface area contributed by atoms with Gasteiger partial charge in [-0.3, -0.25) is 0 Å². The van der Waals surface area contributed by atoms with Crippen LogP contribution in [0.4, 0.5) is 0 Å². The highest BCUT2D eigenvalue weighted by Gasteiger charge is 2.13. The lowest BCUT2D eigenvalue weighted by atomic mass is 10.1. The first-order chi connectivity index (χ1) is 9.69. The molecule has 3 aromatic rings. The molecule has 0 fully saturated rings. The van der Waals surface area contributed by atoms with Crippen LogP contribution in [0.15, 0.2) is 40.8 Å². The smallest absolute Gasteiger partial charge is 0.149 e. The normalized spacial score (nSPS) is 12.2. The average molecular weight is 263 g/mol. The van der Waals surface area contributed by atoms with Gasteiger partial charge in [0.15, 0.2) is 0 Å². The fraction of sp³-hybridized carbons (Fsp3) is 0.125. The molecule has 0 bridgehead atoms. The predicted octanol–water partition coefficient (Wildman–Crippen LogP) is 3.92. The summed E-state index contributed by atoms with van der Waals surface area (Å²) in [5.41, 5.74) is 3.03. The largest absolute Gasteiger partial charge is 0.462 e. The molecule has 1 aromatic carbocycles. The van der Waals surface area contributed by atoms with Crippen molar-refractivity contribution in [3.05, 3.63) is 53.7 Å². The van der Waals surface area contributed by atoms with Crippen LogP contribution in [0.25, 0.3) is 22.2 Å². The highest BCUT2D eigenvalue weighted by atomic mass is 16.3. The number of H-pyrrole nitrogens is 1. The summed E-state index contributed by atoms with van der Waals surface area (Å²) in [6, 6.07) is 13.7. The molecule has 0 saturated heterocycles. The number of hydrogen-bond donors (Lipinski definition) is 1. The zero-order valence-electron chi connectivity index (χ0n) is 11.3. The highest BCUT2D eigenvalue weighted by Crippen LogP contribution is 2.26. The molecular formula is C16H13N3O. The van der Waals surface area contributed by atoms with Crippen molar-refractivity contribution in [2.75, 3.05) is 0 Å². The maximum Gasteiger partial charge on any atom is 0.149 e. The van der Waals surface area contributed by atoms with Crippen molar-refractivity contribution in [1.29, 1.82) is 5.26 Å². The molecule has 0 atom stereocenters. The lowest BCUT2D eigenvalue weighted by molar-refractivity contribution is 0.521. The van der Waals surface area contributed by atoms with Crippen LogP contribution < -0.4 is 0 Å². The summed E-state index contributed by atoms with van der Waals surface area (Å²) >= 11 is 0. The van der Waals surface area contributed by atoms with Crippen molar-refractivity contribution in [2.24, 2.45) is 0 Å². The summed E-state index contributed by atoms with van der Waals surface area (Å²) in [6.45, 7) is 3.74. The van der Waals surface area contributed by atoms with Gasteiger partial charge in [-0.2, -0.15) is 5.26 Å². The Labute approximate surface area is 116 Å². The summed E-state index contributed by atoms with van der Waals surface area (Å²) < 4.78 is 5.57. The van der Waals surface area contributed by atoms with E-state index in [0.29, 0.717) is 17.2 Å². The third kappa shape index (κ3) is 1.99. The number of nitrogens with one attached hydrogen (secondary N) is 1. The van der Waals surface area contributed by atoms with Crippen LogP contribution in [0.2, 0.25) is 0 Å². The predicted molar refractivity (Wildman–Crippen MR) is 77.6 cm³/mol. The fourth-order valence-electron chi connectivity index (χ4n) is 2.14. The number of fused-ring (bicyclic) bond motifs is 1. The molecule has 0 radical (unpaired) electrons. The minimum absolute atomic E-state index is 0.496. The van der Waals surface area contributed by atoms with E-state index < -0.39 is 0 Å². The topological polar surface area (TPSA) is 65.6 Å². The van der Waals surface area contributed by atoms with E-state index in [2.05, 4.69) is 16.0 Å². The quantitative estimate of drug-likeness (QED) is 0.712. The van der Waals surface area contributed by atoms with Crippen molar-refractivity contribution in [1.82, 2.24) is 9.97 Å². The number of allylic oxidation sites excluding steroid dienone is 2. The highest BCUT2D eigenvalue weighted by molar-refractivity contribution is 5.95. The maximum absolute atomic E-state index is 9.43. The first-order valence-corrected chi connectivity index (χ1v) is 6.32. The molecular weight excluding hydrogens is 250 g/mol. The van der Waals surface area contributed by atoms with Crippen molar-refractivity contribution >= 4 is 22.2 Å². The summed E-state index contributed by atoms with van der Waals surface area (Å²) in [5.74, 6) is 2.08. The van der Waals surface area contributed by atoms with Gasteiger partial charge in [0.2, 0.25) is 0 Å². The molecule has 4 nitrogen and oxygen atoms in total. The number of benzene rings is 1. The molecule has 1 N–H and O–H groups in total. The van der Waals surface area contributed by atoms with E-state index in [0.717, 1.165) is 22.4 Å². The fourth-order valence-corrected chi connectivity index (χ4v) is 2.14. The van der Waals surface area contributed by atoms with Crippen LogP contribution in [0.5, 0.6) is 0 Å². The van der Waals surface area contributed by atoms with Gasteiger partial charge in [0.1, 0.15) is 29.0 Å². The molecule has 2 heterocycles. The number of nitrogens with zero attached hydrogens (tertiary/aromatic N) is 2. The summed E-state index contributed by atoms with van der Waals surface area (Å²) in [7, 11) is 0. The van der Waals surface area contributed by atoms with Gasteiger partial charge in [-0.15, -0.1) is 0 Å². The number of aromatic amines is 1. The Hall–Kier alpha value is -2.80. The number of aromatic nitrogens is 2. The van der Waals surface area contributed by atoms with Crippen LogP contribution in [-0.4, -0.2) is 9.97 Å². The number of furan rings is 1. The standard InChI is InChI=1S/C16H13N3O/c1-10-7-8-15(20-10)11(2)12(9-17)16-18-13-5-3-4-6-14(13)19-16/h3-8H,1-2H3,(H,18,19). The van der Waals surface area contributed by atoms with Gasteiger partial charge in [0, 0.05) is 5.57 Å². The third-order valence-electron chi connectivity index (χ3n) is 3.22. The molecule has 0 saturated carbocycles. The number of hydrogen-bond acceptors (Lipinski definition) is 3. The van der Waals surface area contributed by atoms with Gasteiger partial charge in [-0.25, -0.2) is 4.98 Å². The van der Waals surface area contributed by atoms with Crippen LogP contribution in [0.3, 0.4) is 0 Å². The Balaban J connectivity index is 2.16. The number of aryl methyl sites for hydroxylation is 1. The van der Waals surface area contributed by atoms with E-state index in [1.807, 2.05) is 50.2 Å². The number of rotatable bonds is 2. The van der Waals surface area contributed by atoms with Gasteiger partial charge < -0.3 is 9.40 Å². The Bertz CT molecular complexity index is 813. The lowest BCUT2D eigenvalue weighted by Crippen LogP contribution is -1.89. The summed E-state index contributed by atoms with van der Waals surface area (Å²) in [5, 5.41) is 9.43. The molecule has 0 unspecified atom stereocenters. The minimum Gasteiger partial charge on any atom is -0.462 e. The van der Waals surface area contributed by atoms with Crippen molar-refractivity contribution in [3.63, 3.8) is 0 Å². The van der Waals surface area contributed by atoms with Crippen LogP contribution in [-0.2, 0) is 0 Å². The monoisotopic (exact) mass is 263 g/mol. The number of imidazole rings is 1. The van der Waals surface area contributed by atoms with E-state index in [9.17, 15) is 5.26 Å². The Morgan fingerprint density at radius 2 is 2.05 bits per heavy atom. The molecule has 3 rings (SSSR count). The first-order valence-electron chi connectivity index (χ1n) is 6.32. The Morgan fingerprint density at radius 3 is 2.70 bits per heavy atom. The van der Waals surface area contributed by atoms with Crippen LogP contribution in [0.1, 0.15) is 24.3 Å². The average Bonchev–Trinajstić information content (AvgIpc) is 3.05. The van der Waals surface area contributed by atoms with Gasteiger partial charge >= 0.3 is 0 Å². The second kappa shape index (κ2) is 4.71. The molecule has 98 valence electrons. The van der Waals surface area contributed by atoms with Gasteiger partial charge in [-0.1, -0.05) is 12.1 Å². The minimum atomic E-state index is 0.496. The number of para-hydroxylation sites is 2. The zero-order chi connectivity index (χ0) is 14.1. The zero-order valence-corrected chi connectivity index (χ0v) is 11.3. The molecule has 0 amide bonds. The van der Waals surface area contributed by atoms with E-state index in [1.165, 1.54) is 0 Å². The second-order valence-electron chi connectivity index (χ2n) is 4.62. The molecule has 20 heavy (non-hydrogen) atoms. The van der Waals surface area contributed by atoms with E-state index in [-0.39, 0.29) is 0 Å². The van der Waals surface area contributed by atoms with Crippen LogP contribution >= 0.6 is 0 Å². The summed E-state index contributed by atoms with van der Waals surface area (Å²) in [4.78, 5) is 7.63. The van der Waals surface area contributed by atoms with Gasteiger partial charge in [-0.05, 0) is 38.1 Å². The van der Waals surface area contributed by atoms with Crippen molar-refractivity contribution in [2.45, 2.75) is 13.8 Å². The Morgan fingerprint density at radius 1 is 1.25 bits per heavy atom. The van der Waals surface area contributed by atoms with Gasteiger partial charge in [0.25, 0.3) is 0 Å². The van der Waals surface area contributed by atoms with Gasteiger partial charge in [0.05, 0.1) is 11.0 Å². The third-order valence-corrected chi connectivity index (χ3v) is 3.22. The van der Waals surface area contributed by atoms with E-state index >= 15 is 0 Å². The molecule has 2 aromatic heterocycles. The van der Waals surface area contributed by atoms with E-state index in [4.69, 9.17) is 4.42 Å². The Kier molecular flexibility index (Phi) is 2.88. The first kappa shape index (κ1) is 12.2. The molecule has 0 aliphatic heterocycles. The summed E-state index contributed by atoms with van der Waals surface area (Å²) in [6.07, 6.45) is 0. The second-order valence-corrected chi connectivity index (χ2v) is 4.62. The molecule has 4 heteroatoms. The van der Waals surface area contributed by atoms with Crippen LogP contribution in [0, 0.1) is 18.3 Å². The maximum atomic E-state index is 9.43. The lowest BCUT2D eigenvalue weighted by Gasteiger charge is -1.99. The molecule has 0 spiro atoms. The van der Waals surface area contributed by atoms with E-state index in [1.54, 1.807) is 0 Å². The SMILES string of the molecule is CC(=C(C#N)c1nc2ccccc2[nH]1)c1ccc(C)o1. The molecule has 0 aliphatic rings.